The molecule has 14 heavy (non-hydrogen) atoms. The summed E-state index contributed by atoms with van der Waals surface area (Å²) in [6.07, 6.45) is 2.71. The van der Waals surface area contributed by atoms with E-state index in [1.807, 2.05) is 0 Å². The van der Waals surface area contributed by atoms with E-state index in [4.69, 9.17) is 10.0 Å². The summed E-state index contributed by atoms with van der Waals surface area (Å²) in [5.41, 5.74) is 0.427. The maximum atomic E-state index is 10.7. The van der Waals surface area contributed by atoms with Crippen LogP contribution in [-0.4, -0.2) is 28.3 Å². The topological polar surface area (TPSA) is 91.7 Å². The molecule has 1 amide bonds. The van der Waals surface area contributed by atoms with Crippen LogP contribution in [-0.2, 0) is 4.79 Å². The van der Waals surface area contributed by atoms with Gasteiger partial charge in [-0.25, -0.2) is 0 Å². The Labute approximate surface area is 80.7 Å². The summed E-state index contributed by atoms with van der Waals surface area (Å²) in [6, 6.07) is 1.42. The van der Waals surface area contributed by atoms with Crippen molar-refractivity contribution >= 4 is 18.9 Å². The Balaban J connectivity index is 2.73. The lowest BCUT2D eigenvalue weighted by molar-refractivity contribution is -0.114. The first kappa shape index (κ1) is 10.5. The average molecular weight is 196 g/mol. The van der Waals surface area contributed by atoms with Crippen LogP contribution in [0.1, 0.15) is 6.92 Å². The molecule has 0 aliphatic heterocycles. The van der Waals surface area contributed by atoms with Gasteiger partial charge in [-0.1, -0.05) is 0 Å². The normalized spacial score (nSPS) is 9.36. The van der Waals surface area contributed by atoms with Crippen LogP contribution in [0.4, 0.5) is 5.69 Å². The number of anilines is 1. The van der Waals surface area contributed by atoms with E-state index < -0.39 is 7.32 Å². The molecule has 74 valence electrons. The van der Waals surface area contributed by atoms with Crippen LogP contribution >= 0.6 is 0 Å². The molecule has 7 heteroatoms. The van der Waals surface area contributed by atoms with Crippen molar-refractivity contribution in [3.8, 4) is 5.75 Å². The van der Waals surface area contributed by atoms with E-state index in [1.165, 1.54) is 25.4 Å². The van der Waals surface area contributed by atoms with Gasteiger partial charge in [-0.05, 0) is 0 Å². The van der Waals surface area contributed by atoms with Crippen molar-refractivity contribution in [1.82, 2.24) is 4.98 Å². The Morgan fingerprint density at radius 2 is 2.29 bits per heavy atom. The Hall–Kier alpha value is -1.60. The molecule has 0 saturated heterocycles. The van der Waals surface area contributed by atoms with Crippen LogP contribution in [0.5, 0.6) is 5.75 Å². The predicted molar refractivity (Wildman–Crippen MR) is 49.4 cm³/mol. The van der Waals surface area contributed by atoms with Gasteiger partial charge in [0.2, 0.25) is 5.91 Å². The summed E-state index contributed by atoms with van der Waals surface area (Å²) < 4.78 is 4.53. The summed E-state index contributed by atoms with van der Waals surface area (Å²) in [7, 11) is -1.90. The quantitative estimate of drug-likeness (QED) is 0.560. The summed E-state index contributed by atoms with van der Waals surface area (Å²) in [5, 5.41) is 19.5. The standard InChI is InChI=1S/C7H9BN2O4/c1-5(11)10-6-2-7(4-9-3-6)14-8(12)13/h2-4,12-13H,1H3,(H,10,11). The maximum Gasteiger partial charge on any atom is 0.707 e. The molecule has 1 aromatic rings. The van der Waals surface area contributed by atoms with Gasteiger partial charge in [-0.15, -0.1) is 0 Å². The van der Waals surface area contributed by atoms with E-state index in [9.17, 15) is 4.79 Å². The largest absolute Gasteiger partial charge is 0.707 e. The molecule has 0 atom stereocenters. The zero-order valence-corrected chi connectivity index (χ0v) is 7.47. The van der Waals surface area contributed by atoms with Crippen LogP contribution in [0.25, 0.3) is 0 Å². The van der Waals surface area contributed by atoms with Gasteiger partial charge in [-0.2, -0.15) is 0 Å². The number of aromatic nitrogens is 1. The van der Waals surface area contributed by atoms with Gasteiger partial charge in [0.05, 0.1) is 18.1 Å². The van der Waals surface area contributed by atoms with Crippen molar-refractivity contribution in [1.29, 1.82) is 0 Å². The molecule has 0 aliphatic rings. The number of rotatable bonds is 3. The van der Waals surface area contributed by atoms with Crippen molar-refractivity contribution in [2.24, 2.45) is 0 Å². The lowest BCUT2D eigenvalue weighted by atomic mass is 10.2. The number of hydrogen-bond acceptors (Lipinski definition) is 5. The molecule has 0 unspecified atom stereocenters. The smallest absolute Gasteiger partial charge is 0.511 e. The third-order valence-electron chi connectivity index (χ3n) is 1.28. The zero-order chi connectivity index (χ0) is 10.6. The molecule has 3 N–H and O–H groups in total. The zero-order valence-electron chi connectivity index (χ0n) is 7.47. The number of pyridine rings is 1. The van der Waals surface area contributed by atoms with E-state index in [0.29, 0.717) is 5.69 Å². The molecule has 1 rings (SSSR count). The van der Waals surface area contributed by atoms with E-state index >= 15 is 0 Å². The third kappa shape index (κ3) is 3.42. The molecule has 0 bridgehead atoms. The van der Waals surface area contributed by atoms with Crippen LogP contribution < -0.4 is 9.97 Å². The SMILES string of the molecule is CC(=O)Nc1cncc(OB(O)O)c1. The van der Waals surface area contributed by atoms with E-state index in [0.717, 1.165) is 0 Å². The number of nitrogens with one attached hydrogen (secondary N) is 1. The van der Waals surface area contributed by atoms with E-state index in [1.54, 1.807) is 0 Å². The molecule has 1 heterocycles. The molecule has 0 radical (unpaired) electrons. The molecule has 0 fully saturated rings. The highest BCUT2D eigenvalue weighted by Gasteiger charge is 2.11. The van der Waals surface area contributed by atoms with Crippen molar-refractivity contribution < 1.29 is 19.5 Å². The summed E-state index contributed by atoms with van der Waals surface area (Å²) >= 11 is 0. The van der Waals surface area contributed by atoms with Gasteiger partial charge in [-0.3, -0.25) is 9.78 Å². The summed E-state index contributed by atoms with van der Waals surface area (Å²) in [5.74, 6) is -0.0836. The molecule has 6 nitrogen and oxygen atoms in total. The van der Waals surface area contributed by atoms with Crippen LogP contribution in [0, 0.1) is 0 Å². The monoisotopic (exact) mass is 196 g/mol. The fraction of sp³-hybridized carbons (Fsp3) is 0.143. The van der Waals surface area contributed by atoms with Crippen LogP contribution in [0.2, 0.25) is 0 Å². The maximum absolute atomic E-state index is 10.7. The highest BCUT2D eigenvalue weighted by Crippen LogP contribution is 2.15. The molecular weight excluding hydrogens is 187 g/mol. The van der Waals surface area contributed by atoms with E-state index in [-0.39, 0.29) is 11.7 Å². The first-order chi connectivity index (χ1) is 6.58. The Morgan fingerprint density at radius 3 is 2.86 bits per heavy atom. The molecule has 0 aliphatic carbocycles. The molecule has 0 aromatic carbocycles. The van der Waals surface area contributed by atoms with Gasteiger partial charge in [0.1, 0.15) is 5.75 Å². The number of hydrogen-bond donors (Lipinski definition) is 3. The second-order valence-corrected chi connectivity index (χ2v) is 2.53. The molecular formula is C7H9BN2O4. The van der Waals surface area contributed by atoms with E-state index in [2.05, 4.69) is 15.0 Å². The highest BCUT2D eigenvalue weighted by molar-refractivity contribution is 6.33. The van der Waals surface area contributed by atoms with Gasteiger partial charge in [0.15, 0.2) is 0 Å². The Morgan fingerprint density at radius 1 is 1.57 bits per heavy atom. The number of carbonyl (C=O) groups excluding carboxylic acids is 1. The summed E-state index contributed by atoms with van der Waals surface area (Å²) in [6.45, 7) is 1.36. The van der Waals surface area contributed by atoms with Crippen molar-refractivity contribution in [2.45, 2.75) is 6.92 Å². The second kappa shape index (κ2) is 4.59. The Bertz CT molecular complexity index is 331. The third-order valence-corrected chi connectivity index (χ3v) is 1.28. The minimum Gasteiger partial charge on any atom is -0.511 e. The lowest BCUT2D eigenvalue weighted by Crippen LogP contribution is -2.20. The van der Waals surface area contributed by atoms with Crippen LogP contribution in [0.15, 0.2) is 18.5 Å². The lowest BCUT2D eigenvalue weighted by Gasteiger charge is -2.06. The molecule has 0 spiro atoms. The highest BCUT2D eigenvalue weighted by atomic mass is 16.6. The second-order valence-electron chi connectivity index (χ2n) is 2.53. The fourth-order valence-corrected chi connectivity index (χ4v) is 0.877. The first-order valence-electron chi connectivity index (χ1n) is 3.83. The number of amides is 1. The van der Waals surface area contributed by atoms with Gasteiger partial charge in [0.25, 0.3) is 0 Å². The van der Waals surface area contributed by atoms with Gasteiger partial charge < -0.3 is 20.0 Å². The van der Waals surface area contributed by atoms with Crippen molar-refractivity contribution in [3.63, 3.8) is 0 Å². The number of nitrogens with zero attached hydrogens (tertiary/aromatic N) is 1. The predicted octanol–water partition coefficient (Wildman–Crippen LogP) is -0.612. The molecule has 0 saturated carbocycles. The van der Waals surface area contributed by atoms with Crippen molar-refractivity contribution in [2.75, 3.05) is 5.32 Å². The van der Waals surface area contributed by atoms with Gasteiger partial charge >= 0.3 is 7.32 Å². The minimum atomic E-state index is -1.90. The fourth-order valence-electron chi connectivity index (χ4n) is 0.877. The van der Waals surface area contributed by atoms with Gasteiger partial charge in [0, 0.05) is 13.0 Å². The Kier molecular flexibility index (Phi) is 3.44. The van der Waals surface area contributed by atoms with Crippen molar-refractivity contribution in [3.05, 3.63) is 18.5 Å². The van der Waals surface area contributed by atoms with Crippen LogP contribution in [0.3, 0.4) is 0 Å². The summed E-state index contributed by atoms with van der Waals surface area (Å²) in [4.78, 5) is 14.4. The molecule has 1 aromatic heterocycles. The average Bonchev–Trinajstić information content (AvgIpc) is 2.01. The first-order valence-corrected chi connectivity index (χ1v) is 3.83. The minimum absolute atomic E-state index is 0.159. The number of carbonyl (C=O) groups is 1.